The molecule has 1 nitrogen and oxygen atoms in total. The second-order valence-corrected chi connectivity index (χ2v) is 5.13. The molecule has 0 aromatic heterocycles. The van der Waals surface area contributed by atoms with Crippen LogP contribution in [0.25, 0.3) is 0 Å². The fourth-order valence-corrected chi connectivity index (χ4v) is 2.58. The Kier molecular flexibility index (Phi) is 7.58. The number of unbranched alkanes of at least 4 members (excludes halogenated alkanes) is 2. The van der Waals surface area contributed by atoms with Crippen LogP contribution in [0.3, 0.4) is 0 Å². The molecule has 0 bridgehead atoms. The fraction of sp³-hybridized carbons (Fsp3) is 0.867. The molecule has 1 N–H and O–H groups in total. The molecule has 16 heavy (non-hydrogen) atoms. The highest BCUT2D eigenvalue weighted by molar-refractivity contribution is 4.93. The van der Waals surface area contributed by atoms with Crippen molar-refractivity contribution in [3.8, 4) is 0 Å². The molecule has 0 spiro atoms. The summed E-state index contributed by atoms with van der Waals surface area (Å²) in [5.74, 6) is 0. The van der Waals surface area contributed by atoms with Crippen LogP contribution in [-0.4, -0.2) is 12.1 Å². The summed E-state index contributed by atoms with van der Waals surface area (Å²) in [6.07, 6.45) is 16.7. The number of hydrogen-bond donors (Lipinski definition) is 1. The van der Waals surface area contributed by atoms with Crippen molar-refractivity contribution in [3.63, 3.8) is 0 Å². The summed E-state index contributed by atoms with van der Waals surface area (Å²) >= 11 is 0. The first-order valence-electron chi connectivity index (χ1n) is 7.27. The highest BCUT2D eigenvalue weighted by Crippen LogP contribution is 2.15. The summed E-state index contributed by atoms with van der Waals surface area (Å²) in [5, 5.41) is 3.86. The van der Waals surface area contributed by atoms with E-state index in [2.05, 4.69) is 31.3 Å². The molecule has 2 unspecified atom stereocenters. The van der Waals surface area contributed by atoms with Crippen molar-refractivity contribution in [2.75, 3.05) is 0 Å². The van der Waals surface area contributed by atoms with E-state index in [4.69, 9.17) is 0 Å². The SMILES string of the molecule is CCCCCC(CCC)NC1CC=CCC1. The summed E-state index contributed by atoms with van der Waals surface area (Å²) in [6, 6.07) is 1.52. The molecule has 0 aromatic rings. The van der Waals surface area contributed by atoms with E-state index in [0.717, 1.165) is 12.1 Å². The van der Waals surface area contributed by atoms with E-state index in [9.17, 15) is 0 Å². The molecule has 0 radical (unpaired) electrons. The maximum absolute atomic E-state index is 3.86. The van der Waals surface area contributed by atoms with E-state index in [1.807, 2.05) is 0 Å². The Labute approximate surface area is 102 Å². The van der Waals surface area contributed by atoms with Crippen LogP contribution in [0.1, 0.15) is 71.6 Å². The van der Waals surface area contributed by atoms with Gasteiger partial charge in [0, 0.05) is 12.1 Å². The molecule has 94 valence electrons. The molecule has 0 aliphatic heterocycles. The van der Waals surface area contributed by atoms with Gasteiger partial charge in [-0.3, -0.25) is 0 Å². The van der Waals surface area contributed by atoms with Gasteiger partial charge in [0.15, 0.2) is 0 Å². The van der Waals surface area contributed by atoms with Crippen LogP contribution in [0.15, 0.2) is 12.2 Å². The molecular weight excluding hydrogens is 194 g/mol. The fourth-order valence-electron chi connectivity index (χ4n) is 2.58. The van der Waals surface area contributed by atoms with Gasteiger partial charge in [0.05, 0.1) is 0 Å². The van der Waals surface area contributed by atoms with E-state index in [1.165, 1.54) is 57.8 Å². The maximum Gasteiger partial charge on any atom is 0.0107 e. The van der Waals surface area contributed by atoms with E-state index < -0.39 is 0 Å². The van der Waals surface area contributed by atoms with Crippen molar-refractivity contribution in [3.05, 3.63) is 12.2 Å². The molecule has 2 atom stereocenters. The molecular formula is C15H29N. The Morgan fingerprint density at radius 2 is 2.00 bits per heavy atom. The third kappa shape index (κ3) is 5.69. The van der Waals surface area contributed by atoms with E-state index in [0.29, 0.717) is 0 Å². The van der Waals surface area contributed by atoms with Crippen LogP contribution in [0.2, 0.25) is 0 Å². The zero-order valence-electron chi connectivity index (χ0n) is 11.2. The second kappa shape index (κ2) is 8.81. The minimum Gasteiger partial charge on any atom is -0.311 e. The first-order chi connectivity index (χ1) is 7.86. The summed E-state index contributed by atoms with van der Waals surface area (Å²) in [6.45, 7) is 4.59. The molecule has 1 rings (SSSR count). The van der Waals surface area contributed by atoms with Gasteiger partial charge in [-0.25, -0.2) is 0 Å². The van der Waals surface area contributed by atoms with Crippen molar-refractivity contribution in [2.45, 2.75) is 83.7 Å². The van der Waals surface area contributed by atoms with Crippen molar-refractivity contribution in [1.29, 1.82) is 0 Å². The average molecular weight is 223 g/mol. The van der Waals surface area contributed by atoms with E-state index >= 15 is 0 Å². The molecule has 0 heterocycles. The van der Waals surface area contributed by atoms with Gasteiger partial charge in [-0.2, -0.15) is 0 Å². The van der Waals surface area contributed by atoms with E-state index in [-0.39, 0.29) is 0 Å². The molecule has 0 saturated carbocycles. The van der Waals surface area contributed by atoms with Gasteiger partial charge in [0.1, 0.15) is 0 Å². The Bertz CT molecular complexity index is 186. The molecule has 0 saturated heterocycles. The normalized spacial score (nSPS) is 22.2. The van der Waals surface area contributed by atoms with Gasteiger partial charge in [0.2, 0.25) is 0 Å². The predicted octanol–water partition coefficient (Wildman–Crippen LogP) is 4.43. The van der Waals surface area contributed by atoms with Gasteiger partial charge in [0.25, 0.3) is 0 Å². The average Bonchev–Trinajstić information content (AvgIpc) is 2.31. The third-order valence-electron chi connectivity index (χ3n) is 3.53. The predicted molar refractivity (Wildman–Crippen MR) is 72.8 cm³/mol. The van der Waals surface area contributed by atoms with Crippen molar-refractivity contribution < 1.29 is 0 Å². The number of nitrogens with one attached hydrogen (secondary N) is 1. The zero-order chi connectivity index (χ0) is 11.6. The Hall–Kier alpha value is -0.300. The Balaban J connectivity index is 2.22. The minimum atomic E-state index is 0.753. The topological polar surface area (TPSA) is 12.0 Å². The maximum atomic E-state index is 3.86. The van der Waals surface area contributed by atoms with Crippen LogP contribution in [0.4, 0.5) is 0 Å². The van der Waals surface area contributed by atoms with Crippen molar-refractivity contribution in [1.82, 2.24) is 5.32 Å². The second-order valence-electron chi connectivity index (χ2n) is 5.13. The highest BCUT2D eigenvalue weighted by atomic mass is 14.9. The lowest BCUT2D eigenvalue weighted by atomic mass is 9.98. The molecule has 1 aliphatic carbocycles. The van der Waals surface area contributed by atoms with E-state index in [1.54, 1.807) is 0 Å². The standard InChI is InChI=1S/C15H29N/c1-3-5-7-11-14(10-4-2)16-15-12-8-6-9-13-15/h6,8,14-16H,3-5,7,9-13H2,1-2H3. The first kappa shape index (κ1) is 13.8. The van der Waals surface area contributed by atoms with Gasteiger partial charge in [-0.1, -0.05) is 51.7 Å². The molecule has 0 fully saturated rings. The lowest BCUT2D eigenvalue weighted by Gasteiger charge is -2.26. The Morgan fingerprint density at radius 3 is 2.62 bits per heavy atom. The summed E-state index contributed by atoms with van der Waals surface area (Å²) < 4.78 is 0. The lowest BCUT2D eigenvalue weighted by molar-refractivity contribution is 0.360. The van der Waals surface area contributed by atoms with Gasteiger partial charge < -0.3 is 5.32 Å². The summed E-state index contributed by atoms with van der Waals surface area (Å²) in [5.41, 5.74) is 0. The monoisotopic (exact) mass is 223 g/mol. The van der Waals surface area contributed by atoms with Crippen LogP contribution in [0, 0.1) is 0 Å². The molecule has 1 heteroatoms. The lowest BCUT2D eigenvalue weighted by Crippen LogP contribution is -2.38. The van der Waals surface area contributed by atoms with Crippen LogP contribution in [0.5, 0.6) is 0 Å². The summed E-state index contributed by atoms with van der Waals surface area (Å²) in [7, 11) is 0. The number of rotatable bonds is 8. The first-order valence-corrected chi connectivity index (χ1v) is 7.27. The highest BCUT2D eigenvalue weighted by Gasteiger charge is 2.14. The van der Waals surface area contributed by atoms with Gasteiger partial charge >= 0.3 is 0 Å². The molecule has 1 aliphatic rings. The smallest absolute Gasteiger partial charge is 0.0107 e. The quantitative estimate of drug-likeness (QED) is 0.474. The van der Waals surface area contributed by atoms with Crippen molar-refractivity contribution >= 4 is 0 Å². The van der Waals surface area contributed by atoms with Crippen LogP contribution in [-0.2, 0) is 0 Å². The van der Waals surface area contributed by atoms with Crippen LogP contribution >= 0.6 is 0 Å². The molecule has 0 aromatic carbocycles. The van der Waals surface area contributed by atoms with Crippen molar-refractivity contribution in [2.24, 2.45) is 0 Å². The summed E-state index contributed by atoms with van der Waals surface area (Å²) in [4.78, 5) is 0. The van der Waals surface area contributed by atoms with Crippen LogP contribution < -0.4 is 5.32 Å². The minimum absolute atomic E-state index is 0.753. The number of hydrogen-bond acceptors (Lipinski definition) is 1. The Morgan fingerprint density at radius 1 is 1.12 bits per heavy atom. The molecule has 0 amide bonds. The largest absolute Gasteiger partial charge is 0.311 e. The van der Waals surface area contributed by atoms with Gasteiger partial charge in [-0.05, 0) is 32.1 Å². The van der Waals surface area contributed by atoms with Gasteiger partial charge in [-0.15, -0.1) is 0 Å². The third-order valence-corrected chi connectivity index (χ3v) is 3.53. The zero-order valence-corrected chi connectivity index (χ0v) is 11.2. The number of allylic oxidation sites excluding steroid dienone is 1.